The number of hydrogen-bond acceptors (Lipinski definition) is 3. The summed E-state index contributed by atoms with van der Waals surface area (Å²) in [6.07, 6.45) is 5.99. The number of piperidine rings is 1. The van der Waals surface area contributed by atoms with Crippen LogP contribution in [0.25, 0.3) is 0 Å². The minimum absolute atomic E-state index is 0.142. The van der Waals surface area contributed by atoms with Crippen LogP contribution in [0.2, 0.25) is 0 Å². The van der Waals surface area contributed by atoms with Gasteiger partial charge in [0.1, 0.15) is 0 Å². The zero-order chi connectivity index (χ0) is 11.8. The summed E-state index contributed by atoms with van der Waals surface area (Å²) in [4.78, 5) is 14.1. The molecule has 3 heterocycles. The van der Waals surface area contributed by atoms with Crippen LogP contribution in [0.5, 0.6) is 0 Å². The van der Waals surface area contributed by atoms with Gasteiger partial charge in [0, 0.05) is 18.5 Å². The van der Waals surface area contributed by atoms with E-state index in [0.29, 0.717) is 12.1 Å². The summed E-state index contributed by atoms with van der Waals surface area (Å²) in [7, 11) is 0. The quantitative estimate of drug-likeness (QED) is 0.705. The third-order valence-electron chi connectivity index (χ3n) is 4.30. The topological polar surface area (TPSA) is 38.8 Å². The number of ether oxygens (including phenoxy) is 2. The van der Waals surface area contributed by atoms with Crippen LogP contribution in [0.4, 0.5) is 4.79 Å². The smallest absolute Gasteiger partial charge is 0.412 e. The predicted octanol–water partition coefficient (Wildman–Crippen LogP) is 2.52. The molecule has 0 aliphatic carbocycles. The molecule has 96 valence electrons. The van der Waals surface area contributed by atoms with E-state index in [4.69, 9.17) is 9.47 Å². The van der Waals surface area contributed by atoms with E-state index in [1.165, 1.54) is 0 Å². The molecule has 0 aromatic rings. The van der Waals surface area contributed by atoms with Crippen molar-refractivity contribution in [1.29, 1.82) is 0 Å². The van der Waals surface area contributed by atoms with Gasteiger partial charge in [0.25, 0.3) is 0 Å². The van der Waals surface area contributed by atoms with E-state index in [1.807, 2.05) is 4.90 Å². The average molecular weight is 239 g/mol. The number of rotatable bonds is 1. The normalized spacial score (nSPS) is 40.6. The van der Waals surface area contributed by atoms with Crippen LogP contribution in [-0.2, 0) is 9.47 Å². The maximum Gasteiger partial charge on any atom is 0.412 e. The first-order chi connectivity index (χ1) is 8.24. The molecule has 4 heteroatoms. The van der Waals surface area contributed by atoms with Crippen molar-refractivity contribution in [3.63, 3.8) is 0 Å². The van der Waals surface area contributed by atoms with Crippen molar-refractivity contribution in [1.82, 2.24) is 4.90 Å². The summed E-state index contributed by atoms with van der Waals surface area (Å²) in [5.41, 5.74) is 0. The molecule has 0 saturated carbocycles. The van der Waals surface area contributed by atoms with E-state index in [9.17, 15) is 4.79 Å². The van der Waals surface area contributed by atoms with Gasteiger partial charge < -0.3 is 14.4 Å². The van der Waals surface area contributed by atoms with Crippen LogP contribution in [0.15, 0.2) is 0 Å². The second-order valence-corrected chi connectivity index (χ2v) is 5.70. The Morgan fingerprint density at radius 3 is 2.53 bits per heavy atom. The molecule has 17 heavy (non-hydrogen) atoms. The maximum absolute atomic E-state index is 12.1. The van der Waals surface area contributed by atoms with Crippen LogP contribution >= 0.6 is 0 Å². The van der Waals surface area contributed by atoms with Crippen molar-refractivity contribution < 1.29 is 14.3 Å². The molecule has 0 aromatic heterocycles. The summed E-state index contributed by atoms with van der Waals surface area (Å²) in [5, 5.41) is 0. The highest BCUT2D eigenvalue weighted by Gasteiger charge is 2.43. The molecule has 3 saturated heterocycles. The zero-order valence-electron chi connectivity index (χ0n) is 10.4. The zero-order valence-corrected chi connectivity index (χ0v) is 10.4. The van der Waals surface area contributed by atoms with Gasteiger partial charge in [-0.1, -0.05) is 6.92 Å². The number of hydrogen-bond donors (Lipinski definition) is 0. The van der Waals surface area contributed by atoms with Gasteiger partial charge in [-0.3, -0.25) is 0 Å². The molecule has 3 rings (SSSR count). The highest BCUT2D eigenvalue weighted by Crippen LogP contribution is 2.39. The van der Waals surface area contributed by atoms with E-state index in [0.717, 1.165) is 51.0 Å². The lowest BCUT2D eigenvalue weighted by Gasteiger charge is -2.37. The Morgan fingerprint density at radius 1 is 1.24 bits per heavy atom. The summed E-state index contributed by atoms with van der Waals surface area (Å²) in [5.74, 6) is 0.749. The maximum atomic E-state index is 12.1. The van der Waals surface area contributed by atoms with E-state index < -0.39 is 0 Å². The molecule has 1 amide bonds. The van der Waals surface area contributed by atoms with E-state index >= 15 is 0 Å². The summed E-state index contributed by atoms with van der Waals surface area (Å²) >= 11 is 0. The summed E-state index contributed by atoms with van der Waals surface area (Å²) in [6, 6.07) is 0.829. The Labute approximate surface area is 102 Å². The van der Waals surface area contributed by atoms with E-state index in [-0.39, 0.29) is 12.4 Å². The molecule has 0 aromatic carbocycles. The molecule has 3 aliphatic heterocycles. The van der Waals surface area contributed by atoms with Crippen molar-refractivity contribution in [2.24, 2.45) is 5.92 Å². The average Bonchev–Trinajstić information content (AvgIpc) is 2.86. The van der Waals surface area contributed by atoms with Gasteiger partial charge in [0.15, 0.2) is 0 Å². The minimum Gasteiger partial charge on any atom is -0.419 e. The fourth-order valence-electron chi connectivity index (χ4n) is 3.56. The van der Waals surface area contributed by atoms with E-state index in [2.05, 4.69) is 6.92 Å². The molecule has 3 aliphatic rings. The molecule has 3 atom stereocenters. The molecular weight excluding hydrogens is 218 g/mol. The number of amides is 1. The molecule has 2 bridgehead atoms. The lowest BCUT2D eigenvalue weighted by Crippen LogP contribution is -2.47. The Morgan fingerprint density at radius 2 is 1.94 bits per heavy atom. The monoisotopic (exact) mass is 239 g/mol. The highest BCUT2D eigenvalue weighted by atomic mass is 16.7. The molecular formula is C13H21NO3. The van der Waals surface area contributed by atoms with Crippen LogP contribution in [0.3, 0.4) is 0 Å². The molecule has 3 unspecified atom stereocenters. The molecule has 3 fully saturated rings. The first-order valence-electron chi connectivity index (χ1n) is 6.84. The van der Waals surface area contributed by atoms with Gasteiger partial charge in [-0.05, 0) is 38.0 Å². The van der Waals surface area contributed by atoms with Gasteiger partial charge in [0.2, 0.25) is 6.29 Å². The Hall–Kier alpha value is -0.770. The fraction of sp³-hybridized carbons (Fsp3) is 0.923. The van der Waals surface area contributed by atoms with Crippen LogP contribution < -0.4 is 0 Å². The first kappa shape index (κ1) is 11.3. The van der Waals surface area contributed by atoms with Crippen LogP contribution in [-0.4, -0.2) is 36.0 Å². The van der Waals surface area contributed by atoms with Crippen molar-refractivity contribution in [3.05, 3.63) is 0 Å². The SMILES string of the molecule is CC1CC2CCC(C1)N2C(=O)OC1CCCO1. The van der Waals surface area contributed by atoms with Crippen molar-refractivity contribution in [3.8, 4) is 0 Å². The summed E-state index contributed by atoms with van der Waals surface area (Å²) in [6.45, 7) is 3.01. The number of nitrogens with zero attached hydrogens (tertiary/aromatic N) is 1. The third kappa shape index (κ3) is 2.15. The highest BCUT2D eigenvalue weighted by molar-refractivity contribution is 5.69. The van der Waals surface area contributed by atoms with Gasteiger partial charge in [-0.25, -0.2) is 4.79 Å². The van der Waals surface area contributed by atoms with Gasteiger partial charge in [0.05, 0.1) is 6.61 Å². The minimum atomic E-state index is -0.291. The summed E-state index contributed by atoms with van der Waals surface area (Å²) < 4.78 is 10.8. The molecule has 0 spiro atoms. The second kappa shape index (κ2) is 4.48. The number of carbonyl (C=O) groups is 1. The van der Waals surface area contributed by atoms with Crippen LogP contribution in [0, 0.1) is 5.92 Å². The van der Waals surface area contributed by atoms with Crippen molar-refractivity contribution in [2.75, 3.05) is 6.61 Å². The standard InChI is InChI=1S/C13H21NO3/c1-9-7-10-4-5-11(8-9)14(10)13(15)17-12-3-2-6-16-12/h9-12H,2-8H2,1H3. The Balaban J connectivity index is 1.62. The lowest BCUT2D eigenvalue weighted by atomic mass is 9.93. The lowest BCUT2D eigenvalue weighted by molar-refractivity contribution is -0.0844. The van der Waals surface area contributed by atoms with E-state index in [1.54, 1.807) is 0 Å². The molecule has 4 nitrogen and oxygen atoms in total. The fourth-order valence-corrected chi connectivity index (χ4v) is 3.56. The number of fused-ring (bicyclic) bond motifs is 2. The third-order valence-corrected chi connectivity index (χ3v) is 4.30. The number of carbonyl (C=O) groups excluding carboxylic acids is 1. The Bertz CT molecular complexity index is 287. The van der Waals surface area contributed by atoms with Crippen molar-refractivity contribution >= 4 is 6.09 Å². The Kier molecular flexibility index (Phi) is 2.99. The van der Waals surface area contributed by atoms with Gasteiger partial charge >= 0.3 is 6.09 Å². The second-order valence-electron chi connectivity index (χ2n) is 5.70. The molecule has 0 radical (unpaired) electrons. The van der Waals surface area contributed by atoms with Gasteiger partial charge in [-0.15, -0.1) is 0 Å². The van der Waals surface area contributed by atoms with Gasteiger partial charge in [-0.2, -0.15) is 0 Å². The largest absolute Gasteiger partial charge is 0.419 e. The van der Waals surface area contributed by atoms with Crippen molar-refractivity contribution in [2.45, 2.75) is 63.8 Å². The first-order valence-corrected chi connectivity index (χ1v) is 6.84. The predicted molar refractivity (Wildman–Crippen MR) is 62.5 cm³/mol. The molecule has 0 N–H and O–H groups in total. The van der Waals surface area contributed by atoms with Crippen LogP contribution in [0.1, 0.15) is 45.4 Å².